The molecule has 1 unspecified atom stereocenters. The van der Waals surface area contributed by atoms with Gasteiger partial charge in [0.05, 0.1) is 12.5 Å². The molecule has 1 nitrogen and oxygen atoms in total. The van der Waals surface area contributed by atoms with E-state index in [4.69, 9.17) is 16.3 Å². The highest BCUT2D eigenvalue weighted by molar-refractivity contribution is 9.10. The highest BCUT2D eigenvalue weighted by Crippen LogP contribution is 2.25. The fraction of sp³-hybridized carbons (Fsp3) is 0.500. The third kappa shape index (κ3) is 4.04. The minimum atomic E-state index is 0.481. The maximum Gasteiger partial charge on any atom is 0.123 e. The van der Waals surface area contributed by atoms with E-state index < -0.39 is 0 Å². The van der Waals surface area contributed by atoms with Gasteiger partial charge in [-0.3, -0.25) is 0 Å². The summed E-state index contributed by atoms with van der Waals surface area (Å²) in [6.45, 7) is 5.10. The highest BCUT2D eigenvalue weighted by Gasteiger charge is 2.05. The number of hydrogen-bond donors (Lipinski definition) is 0. The van der Waals surface area contributed by atoms with E-state index in [9.17, 15) is 0 Å². The minimum absolute atomic E-state index is 0.481. The molecule has 0 radical (unpaired) electrons. The number of halogens is 2. The highest BCUT2D eigenvalue weighted by atomic mass is 79.9. The number of alkyl halides is 1. The van der Waals surface area contributed by atoms with Crippen molar-refractivity contribution in [2.24, 2.45) is 5.92 Å². The van der Waals surface area contributed by atoms with Crippen LogP contribution >= 0.6 is 27.5 Å². The van der Waals surface area contributed by atoms with Crippen molar-refractivity contribution in [3.8, 4) is 5.75 Å². The lowest BCUT2D eigenvalue weighted by Gasteiger charge is -2.13. The van der Waals surface area contributed by atoms with Gasteiger partial charge >= 0.3 is 0 Å². The number of ether oxygens (including phenoxy) is 1. The second-order valence-corrected chi connectivity index (χ2v) is 4.89. The van der Waals surface area contributed by atoms with Crippen molar-refractivity contribution < 1.29 is 4.74 Å². The van der Waals surface area contributed by atoms with Crippen LogP contribution < -0.4 is 4.74 Å². The van der Waals surface area contributed by atoms with Gasteiger partial charge in [-0.2, -0.15) is 0 Å². The van der Waals surface area contributed by atoms with E-state index in [1.807, 2.05) is 18.2 Å². The topological polar surface area (TPSA) is 9.23 Å². The van der Waals surface area contributed by atoms with Crippen molar-refractivity contribution in [3.05, 3.63) is 28.2 Å². The summed E-state index contributed by atoms with van der Waals surface area (Å²) in [5.74, 6) is 1.96. The number of benzene rings is 1. The van der Waals surface area contributed by atoms with E-state index in [1.165, 1.54) is 0 Å². The molecule has 0 bridgehead atoms. The first-order valence-electron chi connectivity index (χ1n) is 5.14. The van der Waals surface area contributed by atoms with Gasteiger partial charge in [-0.05, 0) is 24.1 Å². The van der Waals surface area contributed by atoms with Gasteiger partial charge in [0.25, 0.3) is 0 Å². The van der Waals surface area contributed by atoms with Crippen molar-refractivity contribution in [2.75, 3.05) is 6.61 Å². The zero-order valence-electron chi connectivity index (χ0n) is 9.09. The first-order valence-corrected chi connectivity index (χ1v) is 6.47. The fourth-order valence-corrected chi connectivity index (χ4v) is 1.76. The monoisotopic (exact) mass is 290 g/mol. The molecule has 0 aliphatic heterocycles. The van der Waals surface area contributed by atoms with E-state index in [-0.39, 0.29) is 0 Å². The molecule has 0 heterocycles. The minimum Gasteiger partial charge on any atom is -0.493 e. The Labute approximate surface area is 105 Å². The Morgan fingerprint density at radius 1 is 1.47 bits per heavy atom. The molecule has 15 heavy (non-hydrogen) atoms. The van der Waals surface area contributed by atoms with Gasteiger partial charge in [-0.25, -0.2) is 0 Å². The molecular formula is C12H16BrClO. The zero-order chi connectivity index (χ0) is 11.3. The molecule has 0 saturated carbocycles. The standard InChI is InChI=1S/C12H16BrClO/c1-3-9(2)8-15-12-5-4-11(13)6-10(12)7-14/h4-6,9H,3,7-8H2,1-2H3. The Kier molecular flexibility index (Phi) is 5.48. The van der Waals surface area contributed by atoms with Gasteiger partial charge in [0.1, 0.15) is 5.75 Å². The van der Waals surface area contributed by atoms with Gasteiger partial charge in [0.15, 0.2) is 0 Å². The SMILES string of the molecule is CCC(C)COc1ccc(Br)cc1CCl. The Morgan fingerprint density at radius 3 is 2.80 bits per heavy atom. The maximum absolute atomic E-state index is 5.85. The second-order valence-electron chi connectivity index (χ2n) is 3.71. The smallest absolute Gasteiger partial charge is 0.123 e. The molecule has 0 aliphatic rings. The maximum atomic E-state index is 5.85. The van der Waals surface area contributed by atoms with Gasteiger partial charge < -0.3 is 4.74 Å². The lowest BCUT2D eigenvalue weighted by Crippen LogP contribution is -2.08. The average molecular weight is 292 g/mol. The number of hydrogen-bond acceptors (Lipinski definition) is 1. The zero-order valence-corrected chi connectivity index (χ0v) is 11.4. The van der Waals surface area contributed by atoms with Crippen molar-refractivity contribution >= 4 is 27.5 Å². The summed E-state index contributed by atoms with van der Waals surface area (Å²) in [5.41, 5.74) is 1.04. The number of rotatable bonds is 5. The Bertz CT molecular complexity index is 314. The molecule has 84 valence electrons. The fourth-order valence-electron chi connectivity index (χ4n) is 1.14. The first-order chi connectivity index (χ1) is 7.17. The van der Waals surface area contributed by atoms with Crippen LogP contribution in [0.2, 0.25) is 0 Å². The second kappa shape index (κ2) is 6.39. The van der Waals surface area contributed by atoms with E-state index in [1.54, 1.807) is 0 Å². The van der Waals surface area contributed by atoms with Crippen molar-refractivity contribution in [2.45, 2.75) is 26.1 Å². The van der Waals surface area contributed by atoms with Gasteiger partial charge in [0.2, 0.25) is 0 Å². The van der Waals surface area contributed by atoms with Crippen LogP contribution in [-0.2, 0) is 5.88 Å². The van der Waals surface area contributed by atoms with Crippen LogP contribution in [0.1, 0.15) is 25.8 Å². The summed E-state index contributed by atoms with van der Waals surface area (Å²) in [7, 11) is 0. The summed E-state index contributed by atoms with van der Waals surface area (Å²) in [6.07, 6.45) is 1.13. The van der Waals surface area contributed by atoms with Crippen LogP contribution in [0.15, 0.2) is 22.7 Å². The third-order valence-corrected chi connectivity index (χ3v) is 3.17. The molecule has 0 spiro atoms. The summed E-state index contributed by atoms with van der Waals surface area (Å²) in [5, 5.41) is 0. The summed E-state index contributed by atoms with van der Waals surface area (Å²) in [6, 6.07) is 5.94. The van der Waals surface area contributed by atoms with Crippen molar-refractivity contribution in [1.82, 2.24) is 0 Å². The van der Waals surface area contributed by atoms with E-state index in [0.29, 0.717) is 11.8 Å². The lowest BCUT2D eigenvalue weighted by atomic mass is 10.1. The predicted octanol–water partition coefficient (Wildman–Crippen LogP) is 4.61. The van der Waals surface area contributed by atoms with E-state index in [0.717, 1.165) is 28.8 Å². The summed E-state index contributed by atoms with van der Waals surface area (Å²) < 4.78 is 6.77. The molecule has 0 saturated heterocycles. The first kappa shape index (κ1) is 12.9. The van der Waals surface area contributed by atoms with Crippen molar-refractivity contribution in [3.63, 3.8) is 0 Å². The Hall–Kier alpha value is -0.210. The van der Waals surface area contributed by atoms with Crippen molar-refractivity contribution in [1.29, 1.82) is 0 Å². The quantitative estimate of drug-likeness (QED) is 0.720. The molecule has 1 aromatic carbocycles. The van der Waals surface area contributed by atoms with Crippen LogP contribution in [-0.4, -0.2) is 6.61 Å². The molecule has 0 aliphatic carbocycles. The largest absolute Gasteiger partial charge is 0.493 e. The average Bonchev–Trinajstić information content (AvgIpc) is 2.26. The molecule has 1 rings (SSSR count). The molecule has 3 heteroatoms. The summed E-state index contributed by atoms with van der Waals surface area (Å²) in [4.78, 5) is 0. The van der Waals surface area contributed by atoms with Gasteiger partial charge in [0, 0.05) is 10.0 Å². The van der Waals surface area contributed by atoms with Gasteiger partial charge in [-0.15, -0.1) is 11.6 Å². The van der Waals surface area contributed by atoms with E-state index >= 15 is 0 Å². The lowest BCUT2D eigenvalue weighted by molar-refractivity contribution is 0.255. The van der Waals surface area contributed by atoms with Gasteiger partial charge in [-0.1, -0.05) is 36.2 Å². The molecular weight excluding hydrogens is 275 g/mol. The molecule has 0 amide bonds. The molecule has 0 fully saturated rings. The van der Waals surface area contributed by atoms with Crippen LogP contribution in [0, 0.1) is 5.92 Å². The molecule has 1 atom stereocenters. The van der Waals surface area contributed by atoms with Crippen LogP contribution in [0.4, 0.5) is 0 Å². The summed E-state index contributed by atoms with van der Waals surface area (Å²) >= 11 is 9.27. The Balaban J connectivity index is 2.67. The molecule has 1 aromatic rings. The van der Waals surface area contributed by atoms with Crippen LogP contribution in [0.3, 0.4) is 0 Å². The molecule has 0 aromatic heterocycles. The Morgan fingerprint density at radius 2 is 2.20 bits per heavy atom. The van der Waals surface area contributed by atoms with E-state index in [2.05, 4.69) is 29.8 Å². The van der Waals surface area contributed by atoms with Crippen LogP contribution in [0.25, 0.3) is 0 Å². The third-order valence-electron chi connectivity index (χ3n) is 2.39. The normalized spacial score (nSPS) is 12.5. The van der Waals surface area contributed by atoms with Crippen LogP contribution in [0.5, 0.6) is 5.75 Å². The molecule has 0 N–H and O–H groups in total. The predicted molar refractivity (Wildman–Crippen MR) is 68.6 cm³/mol.